The summed E-state index contributed by atoms with van der Waals surface area (Å²) in [5, 5.41) is 2.33. The molecule has 4 aromatic carbocycles. The number of ether oxygens (including phenoxy) is 2. The number of amides is 2. The normalized spacial score (nSPS) is 13.6. The van der Waals surface area contributed by atoms with Crippen molar-refractivity contribution in [3.63, 3.8) is 0 Å². The number of aromatic nitrogens is 6. The largest absolute Gasteiger partial charge is 0.475 e. The number of carbonyl (C=O) groups is 2. The first-order valence-electron chi connectivity index (χ1n) is 20.9. The molecule has 0 atom stereocenters. The molecule has 0 unspecified atom stereocenters. The van der Waals surface area contributed by atoms with Crippen molar-refractivity contribution in [2.75, 3.05) is 48.2 Å². The molecule has 64 heavy (non-hydrogen) atoms. The number of carbonyl (C=O) groups excluding carboxylic acids is 2. The Balaban J connectivity index is 0.000000169. The number of rotatable bonds is 6. The average molecular weight is 897 g/mol. The highest BCUT2D eigenvalue weighted by atomic mass is 35.5. The number of nitrogens with two attached hydrogens (primary N) is 1. The van der Waals surface area contributed by atoms with E-state index in [-0.39, 0.29) is 45.7 Å². The summed E-state index contributed by atoms with van der Waals surface area (Å²) in [5.41, 5.74) is 14.8. The van der Waals surface area contributed by atoms with Crippen LogP contribution in [0.5, 0.6) is 11.8 Å². The topological polar surface area (TPSA) is 147 Å². The van der Waals surface area contributed by atoms with Gasteiger partial charge in [0.25, 0.3) is 11.8 Å². The molecule has 0 bridgehead atoms. The number of hydrogen-bond donors (Lipinski definition) is 1. The Bertz CT molecular complexity index is 2770. The molecule has 326 valence electrons. The van der Waals surface area contributed by atoms with Gasteiger partial charge in [-0.25, -0.2) is 19.9 Å². The van der Waals surface area contributed by atoms with Gasteiger partial charge in [0.05, 0.1) is 24.1 Å². The molecular formula is C49H47Cl2N9O4. The summed E-state index contributed by atoms with van der Waals surface area (Å²) in [4.78, 5) is 46.1. The fraction of sp³-hybridized carbons (Fsp3) is 0.224. The molecule has 2 amide bonds. The molecule has 8 aromatic rings. The van der Waals surface area contributed by atoms with Crippen molar-refractivity contribution in [3.8, 4) is 23.1 Å². The van der Waals surface area contributed by atoms with Crippen molar-refractivity contribution >= 4 is 74.0 Å². The zero-order chi connectivity index (χ0) is 45.1. The number of hydrogen-bond acceptors (Lipinski definition) is 9. The molecule has 0 saturated heterocycles. The van der Waals surface area contributed by atoms with Crippen LogP contribution in [0.25, 0.3) is 33.2 Å². The summed E-state index contributed by atoms with van der Waals surface area (Å²) in [6.45, 7) is 10.2. The minimum absolute atomic E-state index is 0.0982. The Labute approximate surface area is 381 Å². The summed E-state index contributed by atoms with van der Waals surface area (Å²) in [6, 6.07) is 32.7. The lowest BCUT2D eigenvalue weighted by molar-refractivity contribution is 0.0982. The van der Waals surface area contributed by atoms with Gasteiger partial charge in [-0.1, -0.05) is 75.7 Å². The van der Waals surface area contributed by atoms with Crippen molar-refractivity contribution in [3.05, 3.63) is 150 Å². The quantitative estimate of drug-likeness (QED) is 0.127. The first kappa shape index (κ1) is 43.7. The average Bonchev–Trinajstić information content (AvgIpc) is 3.78. The lowest BCUT2D eigenvalue weighted by Crippen LogP contribution is -2.32. The SMILES string of the molecule is CC(C)c1cn(-c2ccccc2)c2ccc(N3CCOc4ncnc(Cl)c4C3=O)cc12.CC(C)c1cn(-c2ccccc2)c2ccc(N3CCOc4ncnc(N)c4C3=O)cc12.CCl. The van der Waals surface area contributed by atoms with Crippen LogP contribution >= 0.6 is 23.2 Å². The fourth-order valence-corrected chi connectivity index (χ4v) is 8.32. The third-order valence-electron chi connectivity index (χ3n) is 11.2. The van der Waals surface area contributed by atoms with Gasteiger partial charge in [0.15, 0.2) is 0 Å². The Morgan fingerprint density at radius 3 is 1.48 bits per heavy atom. The van der Waals surface area contributed by atoms with E-state index in [1.165, 1.54) is 30.2 Å². The highest BCUT2D eigenvalue weighted by Gasteiger charge is 2.31. The predicted octanol–water partition coefficient (Wildman–Crippen LogP) is 10.3. The van der Waals surface area contributed by atoms with Crippen LogP contribution in [0.2, 0.25) is 5.15 Å². The van der Waals surface area contributed by atoms with E-state index in [9.17, 15) is 9.59 Å². The number of nitrogens with zero attached hydrogens (tertiary/aromatic N) is 8. The Kier molecular flexibility index (Phi) is 12.8. The maximum atomic E-state index is 13.3. The van der Waals surface area contributed by atoms with Crippen LogP contribution < -0.4 is 25.0 Å². The standard InChI is InChI=1S/C24H21ClN4O2.C24H23N5O2.CH3Cl/c2*1-15(2)19-13-29(16-6-4-3-5-7-16)20-9-8-17(12-18(19)20)28-10-11-31-23-21(24(28)30)22(25)26-14-27-23;1-2/h3-9,12-15H,10-11H2,1-2H3;3-9,12-15H,10-11H2,1-2H3,(H2,25,26,27);1H3. The molecule has 6 heterocycles. The molecule has 4 aromatic heterocycles. The van der Waals surface area contributed by atoms with Gasteiger partial charge in [0.1, 0.15) is 48.0 Å². The minimum Gasteiger partial charge on any atom is -0.475 e. The van der Waals surface area contributed by atoms with Gasteiger partial charge >= 0.3 is 0 Å². The molecule has 2 aliphatic rings. The van der Waals surface area contributed by atoms with Gasteiger partial charge in [-0.3, -0.25) is 9.59 Å². The van der Waals surface area contributed by atoms with Crippen molar-refractivity contribution in [1.82, 2.24) is 29.1 Å². The van der Waals surface area contributed by atoms with Crippen molar-refractivity contribution in [2.45, 2.75) is 39.5 Å². The van der Waals surface area contributed by atoms with E-state index in [0.717, 1.165) is 44.6 Å². The van der Waals surface area contributed by atoms with Gasteiger partial charge in [0, 0.05) is 52.3 Å². The zero-order valence-electron chi connectivity index (χ0n) is 36.1. The second-order valence-corrected chi connectivity index (χ2v) is 16.0. The number of anilines is 3. The Morgan fingerprint density at radius 1 is 0.578 bits per heavy atom. The smallest absolute Gasteiger partial charge is 0.267 e. The van der Waals surface area contributed by atoms with E-state index in [4.69, 9.17) is 26.8 Å². The number of para-hydroxylation sites is 2. The highest BCUT2D eigenvalue weighted by Crippen LogP contribution is 2.37. The lowest BCUT2D eigenvalue weighted by Gasteiger charge is -2.21. The summed E-state index contributed by atoms with van der Waals surface area (Å²) in [7, 11) is 0. The van der Waals surface area contributed by atoms with Gasteiger partial charge in [-0.05, 0) is 83.6 Å². The maximum absolute atomic E-state index is 13.3. The van der Waals surface area contributed by atoms with Crippen molar-refractivity contribution in [1.29, 1.82) is 0 Å². The Morgan fingerprint density at radius 2 is 1.02 bits per heavy atom. The van der Waals surface area contributed by atoms with E-state index in [0.29, 0.717) is 38.1 Å². The zero-order valence-corrected chi connectivity index (χ0v) is 37.6. The molecule has 15 heteroatoms. The van der Waals surface area contributed by atoms with Crippen LogP contribution in [0, 0.1) is 0 Å². The van der Waals surface area contributed by atoms with Crippen LogP contribution in [0.15, 0.2) is 122 Å². The molecule has 0 radical (unpaired) electrons. The van der Waals surface area contributed by atoms with Gasteiger partial charge in [-0.15, -0.1) is 11.6 Å². The molecule has 10 rings (SSSR count). The number of benzene rings is 4. The third kappa shape index (κ3) is 8.31. The van der Waals surface area contributed by atoms with Crippen LogP contribution in [-0.2, 0) is 0 Å². The Hall–Kier alpha value is -6.96. The summed E-state index contributed by atoms with van der Waals surface area (Å²) >= 11 is 10.9. The van der Waals surface area contributed by atoms with E-state index >= 15 is 0 Å². The van der Waals surface area contributed by atoms with E-state index in [2.05, 4.69) is 129 Å². The predicted molar refractivity (Wildman–Crippen MR) is 254 cm³/mol. The molecular weight excluding hydrogens is 850 g/mol. The second-order valence-electron chi connectivity index (χ2n) is 15.7. The van der Waals surface area contributed by atoms with E-state index in [1.807, 2.05) is 48.5 Å². The first-order chi connectivity index (χ1) is 31.1. The van der Waals surface area contributed by atoms with Crippen LogP contribution in [0.1, 0.15) is 71.4 Å². The molecule has 2 aliphatic heterocycles. The second kappa shape index (κ2) is 18.8. The highest BCUT2D eigenvalue weighted by molar-refractivity contribution is 6.33. The summed E-state index contributed by atoms with van der Waals surface area (Å²) in [6.07, 6.45) is 8.45. The minimum atomic E-state index is -0.258. The van der Waals surface area contributed by atoms with Crippen molar-refractivity contribution in [2.24, 2.45) is 0 Å². The molecule has 13 nitrogen and oxygen atoms in total. The lowest BCUT2D eigenvalue weighted by atomic mass is 10.0. The van der Waals surface area contributed by atoms with Gasteiger partial charge in [0.2, 0.25) is 11.8 Å². The number of alkyl halides is 1. The number of nitrogen functional groups attached to an aromatic ring is 1. The first-order valence-corrected chi connectivity index (χ1v) is 22.0. The van der Waals surface area contributed by atoms with Gasteiger partial charge < -0.3 is 34.1 Å². The molecule has 0 fully saturated rings. The maximum Gasteiger partial charge on any atom is 0.267 e. The third-order valence-corrected chi connectivity index (χ3v) is 11.5. The fourth-order valence-electron chi connectivity index (χ4n) is 8.11. The van der Waals surface area contributed by atoms with Crippen LogP contribution in [-0.4, -0.2) is 73.6 Å². The molecule has 2 N–H and O–H groups in total. The van der Waals surface area contributed by atoms with Crippen molar-refractivity contribution < 1.29 is 19.1 Å². The van der Waals surface area contributed by atoms with Crippen LogP contribution in [0.3, 0.4) is 0 Å². The van der Waals surface area contributed by atoms with Gasteiger partial charge in [-0.2, -0.15) is 0 Å². The summed E-state index contributed by atoms with van der Waals surface area (Å²) in [5.74, 6) is 0.738. The van der Waals surface area contributed by atoms with Crippen LogP contribution in [0.4, 0.5) is 17.2 Å². The number of fused-ring (bicyclic) bond motifs is 4. The van der Waals surface area contributed by atoms with E-state index in [1.54, 1.807) is 9.80 Å². The monoisotopic (exact) mass is 895 g/mol. The van der Waals surface area contributed by atoms with E-state index < -0.39 is 0 Å². The molecule has 0 spiro atoms. The molecule has 0 aliphatic carbocycles. The molecule has 0 saturated carbocycles. The summed E-state index contributed by atoms with van der Waals surface area (Å²) < 4.78 is 15.7. The number of halogens is 2.